The molecular formula is C38H39BO4. The average Bonchev–Trinajstić information content (AvgIpc) is 3.02. The van der Waals surface area contributed by atoms with Gasteiger partial charge in [-0.25, -0.2) is 0 Å². The fourth-order valence-electron chi connectivity index (χ4n) is 5.56. The second-order valence-corrected chi connectivity index (χ2v) is 11.0. The van der Waals surface area contributed by atoms with Gasteiger partial charge in [0.1, 0.15) is 23.0 Å². The first-order chi connectivity index (χ1) is 20.9. The molecule has 5 heteroatoms. The molecule has 5 rings (SSSR count). The van der Waals surface area contributed by atoms with Crippen LogP contribution in [0.5, 0.6) is 23.0 Å². The predicted octanol–water partition coefficient (Wildman–Crippen LogP) is 7.87. The third-order valence-electron chi connectivity index (χ3n) is 8.04. The molecule has 0 bridgehead atoms. The van der Waals surface area contributed by atoms with Crippen LogP contribution in [0, 0.1) is 13.8 Å². The van der Waals surface area contributed by atoms with Gasteiger partial charge in [-0.2, -0.15) is 0 Å². The Labute approximate surface area is 255 Å². The van der Waals surface area contributed by atoms with E-state index in [9.17, 15) is 10.2 Å². The van der Waals surface area contributed by atoms with E-state index in [0.29, 0.717) is 24.3 Å². The van der Waals surface area contributed by atoms with Crippen LogP contribution < -0.4 is 14.8 Å². The summed E-state index contributed by atoms with van der Waals surface area (Å²) in [5, 5.41) is 21.7. The summed E-state index contributed by atoms with van der Waals surface area (Å²) in [7, 11) is -0.728. The largest absolute Gasteiger partial charge is 0.632 e. The smallest absolute Gasteiger partial charge is 0.522 e. The van der Waals surface area contributed by atoms with Crippen molar-refractivity contribution < 1.29 is 19.5 Å². The van der Waals surface area contributed by atoms with E-state index in [2.05, 4.69) is 19.1 Å². The molecule has 43 heavy (non-hydrogen) atoms. The molecule has 0 aliphatic heterocycles. The van der Waals surface area contributed by atoms with Crippen LogP contribution in [-0.4, -0.2) is 17.3 Å². The molecule has 5 aromatic carbocycles. The second-order valence-electron chi connectivity index (χ2n) is 11.0. The fourth-order valence-corrected chi connectivity index (χ4v) is 5.56. The van der Waals surface area contributed by atoms with Gasteiger partial charge in [0.05, 0.1) is 0 Å². The van der Waals surface area contributed by atoms with Crippen molar-refractivity contribution in [1.29, 1.82) is 0 Å². The molecule has 0 fully saturated rings. The number of rotatable bonds is 11. The first-order valence-corrected chi connectivity index (χ1v) is 15.0. The minimum absolute atomic E-state index is 0.311. The van der Waals surface area contributed by atoms with E-state index in [0.717, 1.165) is 74.3 Å². The van der Waals surface area contributed by atoms with Crippen molar-refractivity contribution >= 4 is 12.6 Å². The zero-order valence-electron chi connectivity index (χ0n) is 25.4. The Hall–Kier alpha value is -4.64. The number of phenolic OH excluding ortho intramolecular Hbond substituents is 2. The SMILES string of the molecule is CCc1cccc(Cc2cccc(C)c2OB(Oc2c(CC)cccc2Cc2cccc(C)c2O)c2ccccc2)c1O. The van der Waals surface area contributed by atoms with Crippen LogP contribution in [-0.2, 0) is 25.7 Å². The maximum absolute atomic E-state index is 10.9. The molecule has 0 atom stereocenters. The third kappa shape index (κ3) is 6.72. The summed E-state index contributed by atoms with van der Waals surface area (Å²) in [6, 6.07) is 34.0. The van der Waals surface area contributed by atoms with E-state index in [4.69, 9.17) is 9.31 Å². The summed E-state index contributed by atoms with van der Waals surface area (Å²) in [4.78, 5) is 0. The molecule has 0 spiro atoms. The molecule has 218 valence electrons. The Kier molecular flexibility index (Phi) is 9.41. The van der Waals surface area contributed by atoms with Gasteiger partial charge in [-0.05, 0) is 71.2 Å². The number of aromatic hydroxyl groups is 2. The van der Waals surface area contributed by atoms with Gasteiger partial charge in [0.15, 0.2) is 0 Å². The number of para-hydroxylation sites is 4. The lowest BCUT2D eigenvalue weighted by molar-refractivity contribution is 0.429. The standard InChI is InChI=1S/C38H39BO4/c1-5-28-16-12-19-31(36(28)41)25-32-20-11-15-27(4)37(32)42-39(34-22-8-7-9-23-34)43-38-29(6-2)17-13-21-33(38)24-30-18-10-14-26(3)35(30)40/h7-23,40-41H,5-6,24-25H2,1-4H3. The van der Waals surface area contributed by atoms with Gasteiger partial charge in [-0.15, -0.1) is 0 Å². The monoisotopic (exact) mass is 570 g/mol. The maximum Gasteiger partial charge on any atom is 0.632 e. The van der Waals surface area contributed by atoms with Gasteiger partial charge in [-0.1, -0.05) is 117 Å². The first-order valence-electron chi connectivity index (χ1n) is 15.0. The van der Waals surface area contributed by atoms with Crippen molar-refractivity contribution in [2.24, 2.45) is 0 Å². The predicted molar refractivity (Wildman–Crippen MR) is 176 cm³/mol. The topological polar surface area (TPSA) is 58.9 Å². The molecule has 0 aromatic heterocycles. The fraction of sp³-hybridized carbons (Fsp3) is 0.211. The van der Waals surface area contributed by atoms with Gasteiger partial charge in [0.2, 0.25) is 0 Å². The molecule has 0 heterocycles. The molecule has 2 N–H and O–H groups in total. The van der Waals surface area contributed by atoms with E-state index in [1.54, 1.807) is 0 Å². The average molecular weight is 571 g/mol. The van der Waals surface area contributed by atoms with Crippen molar-refractivity contribution in [1.82, 2.24) is 0 Å². The lowest BCUT2D eigenvalue weighted by Gasteiger charge is -2.24. The van der Waals surface area contributed by atoms with Crippen LogP contribution in [0.15, 0.2) is 103 Å². The van der Waals surface area contributed by atoms with Crippen molar-refractivity contribution in [3.63, 3.8) is 0 Å². The van der Waals surface area contributed by atoms with E-state index in [1.165, 1.54) is 0 Å². The van der Waals surface area contributed by atoms with E-state index in [1.807, 2.05) is 112 Å². The maximum atomic E-state index is 10.9. The summed E-state index contributed by atoms with van der Waals surface area (Å²) in [5.41, 5.74) is 8.40. The van der Waals surface area contributed by atoms with Crippen LogP contribution in [0.3, 0.4) is 0 Å². The molecule has 4 nitrogen and oxygen atoms in total. The van der Waals surface area contributed by atoms with Crippen LogP contribution in [0.4, 0.5) is 0 Å². The molecule has 0 aliphatic carbocycles. The molecule has 0 saturated carbocycles. The minimum Gasteiger partial charge on any atom is -0.522 e. The number of phenols is 2. The van der Waals surface area contributed by atoms with Crippen molar-refractivity contribution in [3.05, 3.63) is 148 Å². The Morgan fingerprint density at radius 1 is 0.488 bits per heavy atom. The van der Waals surface area contributed by atoms with E-state index in [-0.39, 0.29) is 0 Å². The van der Waals surface area contributed by atoms with E-state index < -0.39 is 7.12 Å². The Bertz CT molecular complexity index is 1700. The van der Waals surface area contributed by atoms with Crippen LogP contribution in [0.1, 0.15) is 58.4 Å². The quantitative estimate of drug-likeness (QED) is 0.159. The van der Waals surface area contributed by atoms with E-state index >= 15 is 0 Å². The highest BCUT2D eigenvalue weighted by Gasteiger charge is 2.30. The highest BCUT2D eigenvalue weighted by atomic mass is 16.6. The summed E-state index contributed by atoms with van der Waals surface area (Å²) in [6.07, 6.45) is 2.61. The summed E-state index contributed by atoms with van der Waals surface area (Å²) in [6.45, 7) is 8.11. The Morgan fingerprint density at radius 3 is 1.63 bits per heavy atom. The number of aryl methyl sites for hydroxylation is 4. The molecule has 0 radical (unpaired) electrons. The Balaban J connectivity index is 1.55. The molecule has 0 aliphatic rings. The zero-order valence-corrected chi connectivity index (χ0v) is 25.4. The lowest BCUT2D eigenvalue weighted by Crippen LogP contribution is -2.43. The van der Waals surface area contributed by atoms with Crippen molar-refractivity contribution in [2.75, 3.05) is 0 Å². The number of hydrogen-bond acceptors (Lipinski definition) is 4. The zero-order chi connectivity index (χ0) is 30.3. The van der Waals surface area contributed by atoms with Gasteiger partial charge < -0.3 is 19.5 Å². The molecule has 0 amide bonds. The molecule has 0 unspecified atom stereocenters. The van der Waals surface area contributed by atoms with Crippen LogP contribution in [0.2, 0.25) is 0 Å². The lowest BCUT2D eigenvalue weighted by atomic mass is 9.78. The number of hydrogen-bond donors (Lipinski definition) is 2. The summed E-state index contributed by atoms with van der Waals surface area (Å²) >= 11 is 0. The van der Waals surface area contributed by atoms with Crippen molar-refractivity contribution in [3.8, 4) is 23.0 Å². The Morgan fingerprint density at radius 2 is 0.977 bits per heavy atom. The molecule has 5 aromatic rings. The second kappa shape index (κ2) is 13.6. The van der Waals surface area contributed by atoms with Gasteiger partial charge in [0, 0.05) is 18.3 Å². The van der Waals surface area contributed by atoms with Crippen LogP contribution in [0.25, 0.3) is 0 Å². The molecule has 0 saturated heterocycles. The molecular weight excluding hydrogens is 531 g/mol. The number of benzene rings is 5. The van der Waals surface area contributed by atoms with Crippen LogP contribution >= 0.6 is 0 Å². The summed E-state index contributed by atoms with van der Waals surface area (Å²) in [5.74, 6) is 2.16. The highest BCUT2D eigenvalue weighted by molar-refractivity contribution is 6.62. The van der Waals surface area contributed by atoms with Gasteiger partial charge >= 0.3 is 7.12 Å². The van der Waals surface area contributed by atoms with Gasteiger partial charge in [0.25, 0.3) is 0 Å². The highest BCUT2D eigenvalue weighted by Crippen LogP contribution is 2.34. The normalized spacial score (nSPS) is 10.9. The minimum atomic E-state index is -0.728. The first kappa shape index (κ1) is 29.8. The van der Waals surface area contributed by atoms with Crippen molar-refractivity contribution in [2.45, 2.75) is 53.4 Å². The van der Waals surface area contributed by atoms with Gasteiger partial charge in [-0.3, -0.25) is 0 Å². The summed E-state index contributed by atoms with van der Waals surface area (Å²) < 4.78 is 13.7. The third-order valence-corrected chi connectivity index (χ3v) is 8.04.